The lowest BCUT2D eigenvalue weighted by molar-refractivity contribution is 0.397. The zero-order valence-electron chi connectivity index (χ0n) is 21.6. The van der Waals surface area contributed by atoms with E-state index in [0.29, 0.717) is 40.9 Å². The van der Waals surface area contributed by atoms with Crippen molar-refractivity contribution in [2.45, 2.75) is 68.8 Å². The minimum absolute atomic E-state index is 0.0663. The van der Waals surface area contributed by atoms with Crippen molar-refractivity contribution < 1.29 is 4.74 Å². The lowest BCUT2D eigenvalue weighted by atomic mass is 10.1. The Kier molecular flexibility index (Phi) is 6.92. The summed E-state index contributed by atoms with van der Waals surface area (Å²) in [5.41, 5.74) is 3.36. The first-order valence-electron chi connectivity index (χ1n) is 13.2. The summed E-state index contributed by atoms with van der Waals surface area (Å²) in [7, 11) is 1.59. The van der Waals surface area contributed by atoms with E-state index >= 15 is 0 Å². The number of anilines is 1. The largest absolute Gasteiger partial charge is 0.480 e. The molecule has 2 fully saturated rings. The number of methoxy groups -OCH3 is 1. The molecule has 6 rings (SSSR count). The van der Waals surface area contributed by atoms with Crippen molar-refractivity contribution in [2.75, 3.05) is 18.2 Å². The lowest BCUT2D eigenvalue weighted by Crippen LogP contribution is -2.28. The molecule has 4 aromatic rings. The molecule has 0 bridgehead atoms. The maximum Gasteiger partial charge on any atom is 0.295 e. The van der Waals surface area contributed by atoms with Crippen LogP contribution in [0.15, 0.2) is 40.5 Å². The van der Waals surface area contributed by atoms with Crippen LogP contribution in [-0.2, 0) is 6.54 Å². The average molecular weight is 531 g/mol. The van der Waals surface area contributed by atoms with Crippen LogP contribution in [0.2, 0.25) is 0 Å². The van der Waals surface area contributed by atoms with Gasteiger partial charge in [-0.3, -0.25) is 14.3 Å². The van der Waals surface area contributed by atoms with Crippen LogP contribution < -0.4 is 15.6 Å². The standard InChI is InChI=1S/C27H30N8O2S/c1-3-38-19-11-10-17(28-13-19)12-29-24-27(36)35(18-6-4-5-7-18)25-20(33-24)14-30-23(34-25)21-22(16-8-9-16)31-15-32-26(21)37-2/h10-11,13-16,18H,3-9,12H2,1-2H3,(H,29,33). The highest BCUT2D eigenvalue weighted by atomic mass is 32.2. The molecule has 2 aliphatic carbocycles. The molecular weight excluding hydrogens is 500 g/mol. The predicted octanol–water partition coefficient (Wildman–Crippen LogP) is 4.76. The zero-order chi connectivity index (χ0) is 26.1. The monoisotopic (exact) mass is 530 g/mol. The van der Waals surface area contributed by atoms with Gasteiger partial charge in [-0.25, -0.2) is 24.9 Å². The Bertz CT molecular complexity index is 1510. The highest BCUT2D eigenvalue weighted by Crippen LogP contribution is 2.45. The van der Waals surface area contributed by atoms with Crippen molar-refractivity contribution >= 4 is 28.7 Å². The molecule has 0 aliphatic heterocycles. The van der Waals surface area contributed by atoms with Crippen LogP contribution in [-0.4, -0.2) is 47.3 Å². The second kappa shape index (κ2) is 10.6. The molecule has 4 aromatic heterocycles. The van der Waals surface area contributed by atoms with Crippen molar-refractivity contribution in [3.63, 3.8) is 0 Å². The quantitative estimate of drug-likeness (QED) is 0.303. The average Bonchev–Trinajstić information content (AvgIpc) is 3.66. The van der Waals surface area contributed by atoms with Crippen molar-refractivity contribution in [1.82, 2.24) is 34.5 Å². The molecule has 38 heavy (non-hydrogen) atoms. The summed E-state index contributed by atoms with van der Waals surface area (Å²) < 4.78 is 7.38. The van der Waals surface area contributed by atoms with Gasteiger partial charge in [0.05, 0.1) is 31.2 Å². The van der Waals surface area contributed by atoms with Crippen LogP contribution in [0.25, 0.3) is 22.6 Å². The number of pyridine rings is 1. The van der Waals surface area contributed by atoms with Gasteiger partial charge < -0.3 is 10.1 Å². The Labute approximate surface area is 224 Å². The van der Waals surface area contributed by atoms with E-state index in [9.17, 15) is 4.79 Å². The molecule has 10 nitrogen and oxygen atoms in total. The molecule has 1 N–H and O–H groups in total. The Morgan fingerprint density at radius 3 is 2.61 bits per heavy atom. The van der Waals surface area contributed by atoms with Gasteiger partial charge in [0.25, 0.3) is 5.56 Å². The van der Waals surface area contributed by atoms with Crippen LogP contribution >= 0.6 is 11.8 Å². The van der Waals surface area contributed by atoms with Crippen LogP contribution in [0.1, 0.15) is 68.8 Å². The van der Waals surface area contributed by atoms with Gasteiger partial charge in [-0.15, -0.1) is 11.8 Å². The highest BCUT2D eigenvalue weighted by molar-refractivity contribution is 7.99. The van der Waals surface area contributed by atoms with E-state index in [1.165, 1.54) is 6.33 Å². The van der Waals surface area contributed by atoms with E-state index in [-0.39, 0.29) is 17.4 Å². The Balaban J connectivity index is 1.41. The molecule has 0 spiro atoms. The fourth-order valence-electron chi connectivity index (χ4n) is 5.09. The van der Waals surface area contributed by atoms with E-state index in [1.54, 1.807) is 25.1 Å². The Hall–Kier alpha value is -3.60. The van der Waals surface area contributed by atoms with Gasteiger partial charge in [0.2, 0.25) is 5.88 Å². The zero-order valence-corrected chi connectivity index (χ0v) is 22.4. The van der Waals surface area contributed by atoms with Gasteiger partial charge in [0.15, 0.2) is 17.3 Å². The molecule has 0 atom stereocenters. The first-order chi connectivity index (χ1) is 18.7. The smallest absolute Gasteiger partial charge is 0.295 e. The number of hydrogen-bond donors (Lipinski definition) is 1. The van der Waals surface area contributed by atoms with E-state index in [0.717, 1.165) is 60.6 Å². The fraction of sp³-hybridized carbons (Fsp3) is 0.444. The molecule has 2 saturated carbocycles. The second-order valence-corrected chi connectivity index (χ2v) is 11.0. The van der Waals surface area contributed by atoms with Gasteiger partial charge in [0, 0.05) is 23.1 Å². The molecule has 0 unspecified atom stereocenters. The molecule has 0 amide bonds. The van der Waals surface area contributed by atoms with Crippen LogP contribution in [0, 0.1) is 0 Å². The molecule has 0 radical (unpaired) electrons. The molecule has 0 saturated heterocycles. The van der Waals surface area contributed by atoms with Gasteiger partial charge in [0.1, 0.15) is 17.4 Å². The minimum atomic E-state index is -0.175. The predicted molar refractivity (Wildman–Crippen MR) is 147 cm³/mol. The Morgan fingerprint density at radius 1 is 1.05 bits per heavy atom. The number of nitrogens with one attached hydrogen (secondary N) is 1. The second-order valence-electron chi connectivity index (χ2n) is 9.67. The van der Waals surface area contributed by atoms with Gasteiger partial charge in [-0.1, -0.05) is 19.8 Å². The summed E-state index contributed by atoms with van der Waals surface area (Å²) in [6, 6.07) is 4.09. The van der Waals surface area contributed by atoms with E-state index < -0.39 is 0 Å². The molecule has 2 aliphatic rings. The molecule has 0 aromatic carbocycles. The van der Waals surface area contributed by atoms with Crippen LogP contribution in [0.3, 0.4) is 0 Å². The maximum absolute atomic E-state index is 13.8. The van der Waals surface area contributed by atoms with Crippen molar-refractivity contribution in [3.05, 3.63) is 52.6 Å². The summed E-state index contributed by atoms with van der Waals surface area (Å²) in [5.74, 6) is 2.54. The summed E-state index contributed by atoms with van der Waals surface area (Å²) in [6.07, 6.45) is 11.2. The Morgan fingerprint density at radius 2 is 1.89 bits per heavy atom. The van der Waals surface area contributed by atoms with Crippen LogP contribution in [0.5, 0.6) is 5.88 Å². The van der Waals surface area contributed by atoms with Gasteiger partial charge in [-0.2, -0.15) is 0 Å². The number of hydrogen-bond acceptors (Lipinski definition) is 10. The SMILES string of the molecule is CCSc1ccc(CNc2nc3cnc(-c4c(OC)ncnc4C4CC4)nc3n(C3CCCC3)c2=O)nc1. The van der Waals surface area contributed by atoms with Crippen molar-refractivity contribution in [3.8, 4) is 17.3 Å². The summed E-state index contributed by atoms with van der Waals surface area (Å²) in [4.78, 5) is 42.5. The number of ether oxygens (including phenoxy) is 1. The van der Waals surface area contributed by atoms with Crippen molar-refractivity contribution in [1.29, 1.82) is 0 Å². The third-order valence-electron chi connectivity index (χ3n) is 7.09. The van der Waals surface area contributed by atoms with E-state index in [2.05, 4.69) is 43.2 Å². The van der Waals surface area contributed by atoms with Gasteiger partial charge >= 0.3 is 0 Å². The van der Waals surface area contributed by atoms with Gasteiger partial charge in [-0.05, 0) is 43.6 Å². The van der Waals surface area contributed by atoms with E-state index in [4.69, 9.17) is 9.72 Å². The maximum atomic E-state index is 13.8. The first kappa shape index (κ1) is 24.7. The van der Waals surface area contributed by atoms with Crippen LogP contribution in [0.4, 0.5) is 5.82 Å². The minimum Gasteiger partial charge on any atom is -0.480 e. The molecule has 11 heteroatoms. The number of aromatic nitrogens is 7. The number of thioether (sulfide) groups is 1. The molecule has 4 heterocycles. The normalized spacial score (nSPS) is 15.7. The number of nitrogens with zero attached hydrogens (tertiary/aromatic N) is 7. The third-order valence-corrected chi connectivity index (χ3v) is 7.95. The topological polar surface area (TPSA) is 121 Å². The lowest BCUT2D eigenvalue weighted by Gasteiger charge is -2.18. The number of rotatable bonds is 9. The highest BCUT2D eigenvalue weighted by Gasteiger charge is 2.32. The van der Waals surface area contributed by atoms with Crippen molar-refractivity contribution in [2.24, 2.45) is 0 Å². The summed E-state index contributed by atoms with van der Waals surface area (Å²) in [6.45, 7) is 2.52. The first-order valence-corrected chi connectivity index (χ1v) is 14.1. The molecule has 196 valence electrons. The number of fused-ring (bicyclic) bond motifs is 1. The third kappa shape index (κ3) is 4.82. The molecular formula is C27H30N8O2S. The summed E-state index contributed by atoms with van der Waals surface area (Å²) >= 11 is 1.75. The fourth-order valence-corrected chi connectivity index (χ4v) is 5.72. The summed E-state index contributed by atoms with van der Waals surface area (Å²) in [5, 5.41) is 3.22. The van der Waals surface area contributed by atoms with E-state index in [1.807, 2.05) is 16.8 Å².